The summed E-state index contributed by atoms with van der Waals surface area (Å²) in [7, 11) is 0. The molecule has 0 aromatic carbocycles. The van der Waals surface area contributed by atoms with Crippen molar-refractivity contribution in [3.05, 3.63) is 0 Å². The molecule has 380 valence electrons. The summed E-state index contributed by atoms with van der Waals surface area (Å²) in [6, 6.07) is 0. The summed E-state index contributed by atoms with van der Waals surface area (Å²) in [5.41, 5.74) is -3.88. The number of ether oxygens (including phenoxy) is 7. The van der Waals surface area contributed by atoms with Gasteiger partial charge in [0.05, 0.1) is 55.4 Å². The first-order valence-corrected chi connectivity index (χ1v) is 24.4. The molecule has 9 aliphatic rings. The van der Waals surface area contributed by atoms with Gasteiger partial charge in [-0.15, -0.1) is 0 Å². The van der Waals surface area contributed by atoms with E-state index in [4.69, 9.17) is 33.2 Å². The van der Waals surface area contributed by atoms with Crippen molar-refractivity contribution in [1.29, 1.82) is 0 Å². The highest BCUT2D eigenvalue weighted by molar-refractivity contribution is 5.33. The minimum Gasteiger partial charge on any atom is -0.394 e. The van der Waals surface area contributed by atoms with Crippen molar-refractivity contribution in [3.8, 4) is 0 Å². The van der Waals surface area contributed by atoms with Gasteiger partial charge in [-0.3, -0.25) is 0 Å². The van der Waals surface area contributed by atoms with E-state index in [1.54, 1.807) is 0 Å². The zero-order valence-corrected chi connectivity index (χ0v) is 39.3. The molecule has 0 radical (unpaired) electrons. The first-order valence-electron chi connectivity index (χ1n) is 24.4. The fraction of sp³-hybridized carbons (Fsp3) is 1.00. The quantitative estimate of drug-likeness (QED) is 0.112. The molecule has 12 N–H and O–H groups in total. The Bertz CT molecular complexity index is 1770. The number of fused-ring (bicyclic) bond motifs is 2. The van der Waals surface area contributed by atoms with Crippen LogP contribution in [0.1, 0.15) is 106 Å². The van der Waals surface area contributed by atoms with Gasteiger partial charge in [-0.2, -0.15) is 0 Å². The third kappa shape index (κ3) is 7.22. The molecule has 5 aliphatic carbocycles. The van der Waals surface area contributed by atoms with Gasteiger partial charge in [-0.05, 0) is 117 Å². The lowest BCUT2D eigenvalue weighted by molar-refractivity contribution is -0.339. The Balaban J connectivity index is 1.01. The lowest BCUT2D eigenvalue weighted by Gasteiger charge is -2.65. The monoisotopic (exact) mass is 947 g/mol. The van der Waals surface area contributed by atoms with Crippen LogP contribution in [0.5, 0.6) is 0 Å². The average Bonchev–Trinajstić information content (AvgIpc) is 3.63. The third-order valence-electron chi connectivity index (χ3n) is 19.9. The first-order chi connectivity index (χ1) is 30.8. The van der Waals surface area contributed by atoms with Crippen molar-refractivity contribution >= 4 is 0 Å². The normalized spacial score (nSPS) is 58.0. The molecule has 19 heteroatoms. The fourth-order valence-corrected chi connectivity index (χ4v) is 16.4. The van der Waals surface area contributed by atoms with Crippen LogP contribution in [0.25, 0.3) is 0 Å². The molecular weight excluding hydrogens is 868 g/mol. The van der Waals surface area contributed by atoms with Crippen molar-refractivity contribution in [2.24, 2.45) is 44.8 Å². The molecule has 66 heavy (non-hydrogen) atoms. The predicted molar refractivity (Wildman–Crippen MR) is 226 cm³/mol. The van der Waals surface area contributed by atoms with E-state index in [-0.39, 0.29) is 35.2 Å². The van der Waals surface area contributed by atoms with E-state index in [0.717, 1.165) is 25.7 Å². The van der Waals surface area contributed by atoms with Gasteiger partial charge in [0.25, 0.3) is 0 Å². The van der Waals surface area contributed by atoms with Crippen molar-refractivity contribution in [2.45, 2.75) is 228 Å². The molecule has 5 saturated carbocycles. The van der Waals surface area contributed by atoms with Crippen LogP contribution in [0.4, 0.5) is 0 Å². The second kappa shape index (κ2) is 16.9. The SMILES string of the molecule is CC(C)(O[C@@H]1O[C@@H](CO)[C@H](O)[C@H](O)[C@@H]1O)[C@@H]1CC[C@](C)([C@@H]2[C@@H](O)C[C@@]3(C)[C@@H]4C[C@H](O[C@H]5O[C@@H](CO)[C@H](O)[C@@H](O)[C@@H]5O)[C@H]5C(C)(C)[C@H](O[C@@H]6OC[C@@H](O)[C@H](O)[C@H]6O)CC[C@@]56C[C@@]46CC[C@]23C)O1. The van der Waals surface area contributed by atoms with Crippen LogP contribution in [0.15, 0.2) is 0 Å². The Hall–Kier alpha value is -0.760. The van der Waals surface area contributed by atoms with Gasteiger partial charge in [0, 0.05) is 5.92 Å². The lowest BCUT2D eigenvalue weighted by atomic mass is 9.41. The van der Waals surface area contributed by atoms with E-state index < -0.39 is 151 Å². The van der Waals surface area contributed by atoms with Gasteiger partial charge < -0.3 is 94.4 Å². The third-order valence-corrected chi connectivity index (χ3v) is 19.9. The molecule has 9 rings (SSSR count). The molecule has 0 aromatic heterocycles. The van der Waals surface area contributed by atoms with Crippen LogP contribution in [-0.2, 0) is 33.2 Å². The smallest absolute Gasteiger partial charge is 0.187 e. The van der Waals surface area contributed by atoms with Crippen LogP contribution in [0.3, 0.4) is 0 Å². The van der Waals surface area contributed by atoms with Crippen LogP contribution >= 0.6 is 0 Å². The molecule has 2 spiro atoms. The Kier molecular flexibility index (Phi) is 12.9. The molecule has 0 amide bonds. The summed E-state index contributed by atoms with van der Waals surface area (Å²) in [4.78, 5) is 0. The summed E-state index contributed by atoms with van der Waals surface area (Å²) >= 11 is 0. The first kappa shape index (κ1) is 50.2. The average molecular weight is 947 g/mol. The number of aliphatic hydroxyl groups excluding tert-OH is 12. The maximum atomic E-state index is 12.5. The highest BCUT2D eigenvalue weighted by Gasteiger charge is 2.85. The van der Waals surface area contributed by atoms with Crippen LogP contribution in [-0.4, -0.2) is 203 Å². The second-order valence-corrected chi connectivity index (χ2v) is 23.8. The van der Waals surface area contributed by atoms with Gasteiger partial charge in [0.1, 0.15) is 67.1 Å². The number of hydrogen-bond acceptors (Lipinski definition) is 19. The minimum absolute atomic E-state index is 0.00898. The number of rotatable bonds is 10. The van der Waals surface area contributed by atoms with E-state index in [1.165, 1.54) is 0 Å². The van der Waals surface area contributed by atoms with Crippen molar-refractivity contribution in [1.82, 2.24) is 0 Å². The molecule has 4 aliphatic heterocycles. The summed E-state index contributed by atoms with van der Waals surface area (Å²) < 4.78 is 44.3. The standard InChI is InChI=1S/C47H78O19/c1-41(2)26(64-38-33(57)28(52)21(51)18-60-38)9-11-47-19-46(47)13-12-43(5)36(45(7)10-8-27(65-45)42(3,4)66-40-35(59)32(56)30(54)24(17-49)63-40)20(50)15-44(43,6)25(46)14-22(37(41)47)61-39-34(58)31(55)29(53)23(16-48)62-39/h20-40,48-59H,8-19H2,1-7H3/t20-,21+,22-,23-,24-,25-,26+,27-,28-,29-,30-,31+,32-,33+,34-,35-,36+,37-,38-,39-,40-,43+,44-,45+,46-,47+/m0/s1. The van der Waals surface area contributed by atoms with Crippen LogP contribution < -0.4 is 0 Å². The predicted octanol–water partition coefficient (Wildman–Crippen LogP) is -1.45. The maximum absolute atomic E-state index is 12.5. The van der Waals surface area contributed by atoms with E-state index in [1.807, 2.05) is 13.8 Å². The Morgan fingerprint density at radius 2 is 1.20 bits per heavy atom. The van der Waals surface area contributed by atoms with Gasteiger partial charge >= 0.3 is 0 Å². The summed E-state index contributed by atoms with van der Waals surface area (Å²) in [6.07, 6.45) is -16.3. The van der Waals surface area contributed by atoms with E-state index in [0.29, 0.717) is 32.1 Å². The Morgan fingerprint density at radius 1 is 0.591 bits per heavy atom. The van der Waals surface area contributed by atoms with Gasteiger partial charge in [0.2, 0.25) is 0 Å². The maximum Gasteiger partial charge on any atom is 0.187 e. The molecular formula is C47H78O19. The Labute approximate surface area is 386 Å². The van der Waals surface area contributed by atoms with Gasteiger partial charge in [-0.1, -0.05) is 27.7 Å². The summed E-state index contributed by atoms with van der Waals surface area (Å²) in [5, 5.41) is 129. The Morgan fingerprint density at radius 3 is 1.83 bits per heavy atom. The van der Waals surface area contributed by atoms with Crippen LogP contribution in [0, 0.1) is 44.8 Å². The highest BCUT2D eigenvalue weighted by atomic mass is 16.7. The van der Waals surface area contributed by atoms with Crippen LogP contribution in [0.2, 0.25) is 0 Å². The largest absolute Gasteiger partial charge is 0.394 e. The van der Waals surface area contributed by atoms with E-state index in [9.17, 15) is 61.3 Å². The topological polar surface area (TPSA) is 307 Å². The van der Waals surface area contributed by atoms with Gasteiger partial charge in [-0.25, -0.2) is 0 Å². The molecule has 0 unspecified atom stereocenters. The van der Waals surface area contributed by atoms with Gasteiger partial charge in [0.15, 0.2) is 18.9 Å². The number of aliphatic hydroxyl groups is 12. The molecule has 0 bridgehead atoms. The molecule has 4 heterocycles. The fourth-order valence-electron chi connectivity index (χ4n) is 16.4. The lowest BCUT2D eigenvalue weighted by Crippen LogP contribution is -2.65. The molecule has 9 fully saturated rings. The second-order valence-electron chi connectivity index (χ2n) is 23.8. The van der Waals surface area contributed by atoms with E-state index >= 15 is 0 Å². The number of hydrogen-bond donors (Lipinski definition) is 12. The zero-order chi connectivity index (χ0) is 48.1. The van der Waals surface area contributed by atoms with E-state index in [2.05, 4.69) is 34.6 Å². The van der Waals surface area contributed by atoms with Crippen molar-refractivity contribution in [3.63, 3.8) is 0 Å². The molecule has 19 nitrogen and oxygen atoms in total. The minimum atomic E-state index is -1.65. The highest BCUT2D eigenvalue weighted by Crippen LogP contribution is 2.89. The van der Waals surface area contributed by atoms with Crippen molar-refractivity contribution in [2.75, 3.05) is 19.8 Å². The molecule has 26 atom stereocenters. The summed E-state index contributed by atoms with van der Waals surface area (Å²) in [6.45, 7) is 13.0. The molecule has 4 saturated heterocycles. The molecule has 0 aromatic rings. The zero-order valence-electron chi connectivity index (χ0n) is 39.3. The summed E-state index contributed by atoms with van der Waals surface area (Å²) in [5.74, 6) is -0.523. The van der Waals surface area contributed by atoms with Crippen molar-refractivity contribution < 1.29 is 94.4 Å².